The molecule has 0 aliphatic heterocycles. The molecular formula is C12H14F6N2O. The molecule has 1 heterocycles. The number of nitrogens with zero attached hydrogens (tertiary/aromatic N) is 2. The van der Waals surface area contributed by atoms with Crippen LogP contribution in [0.4, 0.5) is 26.3 Å². The van der Waals surface area contributed by atoms with Crippen LogP contribution in [0.2, 0.25) is 0 Å². The van der Waals surface area contributed by atoms with Crippen molar-refractivity contribution in [1.82, 2.24) is 9.97 Å². The normalized spacial score (nSPS) is 14.3. The molecule has 0 fully saturated rings. The molecule has 0 unspecified atom stereocenters. The minimum atomic E-state index is -5.63. The topological polar surface area (TPSA) is 35.0 Å². The molecule has 0 atom stereocenters. The third-order valence-corrected chi connectivity index (χ3v) is 2.93. The van der Waals surface area contributed by atoms with Crippen LogP contribution < -0.4 is 0 Å². The molecule has 0 saturated carbocycles. The Labute approximate surface area is 117 Å². The van der Waals surface area contributed by atoms with E-state index in [0.29, 0.717) is 0 Å². The second kappa shape index (κ2) is 5.43. The summed E-state index contributed by atoms with van der Waals surface area (Å²) in [4.78, 5) is 7.08. The second-order valence-electron chi connectivity index (χ2n) is 5.42. The van der Waals surface area contributed by atoms with Gasteiger partial charge in [0.05, 0.1) is 12.3 Å². The van der Waals surface area contributed by atoms with Gasteiger partial charge in [-0.05, 0) is 6.07 Å². The van der Waals surface area contributed by atoms with Crippen molar-refractivity contribution in [3.63, 3.8) is 0 Å². The van der Waals surface area contributed by atoms with Crippen molar-refractivity contribution in [1.29, 1.82) is 0 Å². The fourth-order valence-electron chi connectivity index (χ4n) is 1.98. The summed E-state index contributed by atoms with van der Waals surface area (Å²) in [5.74, 6) is 0. The SMILES string of the molecule is CC(C)(C)C(OCc1ccncn1)(C(F)(F)F)C(F)(F)F. The van der Waals surface area contributed by atoms with Gasteiger partial charge in [0.25, 0.3) is 5.60 Å². The zero-order valence-electron chi connectivity index (χ0n) is 11.5. The Hall–Kier alpha value is -1.38. The summed E-state index contributed by atoms with van der Waals surface area (Å²) in [7, 11) is 0. The largest absolute Gasteiger partial charge is 0.427 e. The van der Waals surface area contributed by atoms with Gasteiger partial charge in [0.2, 0.25) is 0 Å². The van der Waals surface area contributed by atoms with Crippen LogP contribution in [0, 0.1) is 5.41 Å². The molecule has 9 heteroatoms. The van der Waals surface area contributed by atoms with Crippen LogP contribution in [0.1, 0.15) is 26.5 Å². The van der Waals surface area contributed by atoms with E-state index in [9.17, 15) is 26.3 Å². The van der Waals surface area contributed by atoms with Crippen molar-refractivity contribution < 1.29 is 31.1 Å². The quantitative estimate of drug-likeness (QED) is 0.793. The number of aromatic nitrogens is 2. The van der Waals surface area contributed by atoms with E-state index in [2.05, 4.69) is 14.7 Å². The lowest BCUT2D eigenvalue weighted by Crippen LogP contribution is -2.66. The van der Waals surface area contributed by atoms with Gasteiger partial charge in [-0.2, -0.15) is 26.3 Å². The number of rotatable bonds is 3. The highest BCUT2D eigenvalue weighted by molar-refractivity contribution is 5.06. The van der Waals surface area contributed by atoms with Crippen LogP contribution in [-0.2, 0) is 11.3 Å². The maximum Gasteiger partial charge on any atom is 0.427 e. The zero-order valence-corrected chi connectivity index (χ0v) is 11.5. The summed E-state index contributed by atoms with van der Waals surface area (Å²) in [6, 6.07) is 1.18. The average molecular weight is 316 g/mol. The van der Waals surface area contributed by atoms with E-state index in [0.717, 1.165) is 27.1 Å². The summed E-state index contributed by atoms with van der Waals surface area (Å²) in [5, 5.41) is 0. The number of alkyl halides is 6. The van der Waals surface area contributed by atoms with Crippen molar-refractivity contribution in [3.05, 3.63) is 24.3 Å². The van der Waals surface area contributed by atoms with Crippen molar-refractivity contribution in [3.8, 4) is 0 Å². The number of halogens is 6. The smallest absolute Gasteiger partial charge is 0.351 e. The molecule has 1 rings (SSSR count). The zero-order chi connectivity index (χ0) is 16.5. The first-order valence-electron chi connectivity index (χ1n) is 5.85. The number of hydrogen-bond donors (Lipinski definition) is 0. The third-order valence-electron chi connectivity index (χ3n) is 2.93. The van der Waals surface area contributed by atoms with E-state index in [1.165, 1.54) is 12.3 Å². The molecule has 0 aliphatic rings. The van der Waals surface area contributed by atoms with Crippen LogP contribution in [0.5, 0.6) is 0 Å². The third kappa shape index (κ3) is 3.28. The fraction of sp³-hybridized carbons (Fsp3) is 0.667. The van der Waals surface area contributed by atoms with Crippen molar-refractivity contribution >= 4 is 0 Å². The van der Waals surface area contributed by atoms with Crippen LogP contribution in [0.25, 0.3) is 0 Å². The van der Waals surface area contributed by atoms with E-state index in [-0.39, 0.29) is 5.69 Å². The van der Waals surface area contributed by atoms with Gasteiger partial charge in [0.1, 0.15) is 6.33 Å². The summed E-state index contributed by atoms with van der Waals surface area (Å²) in [6.07, 6.45) is -9.04. The Kier molecular flexibility index (Phi) is 4.57. The van der Waals surface area contributed by atoms with E-state index < -0.39 is 30.0 Å². The Bertz CT molecular complexity index is 427. The molecule has 0 radical (unpaired) electrons. The van der Waals surface area contributed by atoms with Crippen molar-refractivity contribution in [2.45, 2.75) is 45.3 Å². The van der Waals surface area contributed by atoms with Crippen molar-refractivity contribution in [2.24, 2.45) is 5.41 Å². The van der Waals surface area contributed by atoms with Gasteiger partial charge in [0, 0.05) is 11.6 Å². The molecule has 1 aromatic heterocycles. The standard InChI is InChI=1S/C12H14F6N2O/c1-9(2,3)10(11(13,14)15,12(16,17)18)21-6-8-4-5-19-7-20-8/h4-5,7H,6H2,1-3H3. The van der Waals surface area contributed by atoms with E-state index in [1.54, 1.807) is 0 Å². The maximum absolute atomic E-state index is 13.2. The van der Waals surface area contributed by atoms with E-state index >= 15 is 0 Å². The summed E-state index contributed by atoms with van der Waals surface area (Å²) in [5.41, 5.74) is -6.62. The Balaban J connectivity index is 3.25. The molecule has 1 aromatic rings. The second-order valence-corrected chi connectivity index (χ2v) is 5.42. The first-order chi connectivity index (χ1) is 9.33. The van der Waals surface area contributed by atoms with E-state index in [4.69, 9.17) is 0 Å². The molecule has 21 heavy (non-hydrogen) atoms. The molecular weight excluding hydrogens is 302 g/mol. The highest BCUT2D eigenvalue weighted by atomic mass is 19.4. The molecule has 120 valence electrons. The van der Waals surface area contributed by atoms with Gasteiger partial charge in [0.15, 0.2) is 0 Å². The molecule has 0 amide bonds. The molecule has 0 bridgehead atoms. The molecule has 0 N–H and O–H groups in total. The molecule has 0 saturated heterocycles. The molecule has 3 nitrogen and oxygen atoms in total. The lowest BCUT2D eigenvalue weighted by molar-refractivity contribution is -0.413. The first-order valence-corrected chi connectivity index (χ1v) is 5.85. The van der Waals surface area contributed by atoms with Gasteiger partial charge < -0.3 is 4.74 Å². The number of ether oxygens (including phenoxy) is 1. The average Bonchev–Trinajstić information content (AvgIpc) is 2.25. The Morgan fingerprint density at radius 3 is 1.86 bits per heavy atom. The lowest BCUT2D eigenvalue weighted by Gasteiger charge is -2.45. The van der Waals surface area contributed by atoms with Crippen LogP contribution in [-0.4, -0.2) is 27.9 Å². The monoisotopic (exact) mass is 316 g/mol. The van der Waals surface area contributed by atoms with Gasteiger partial charge >= 0.3 is 12.4 Å². The van der Waals surface area contributed by atoms with Gasteiger partial charge in [-0.15, -0.1) is 0 Å². The number of hydrogen-bond acceptors (Lipinski definition) is 3. The predicted molar refractivity (Wildman–Crippen MR) is 61.1 cm³/mol. The predicted octanol–water partition coefficient (Wildman–Crippen LogP) is 3.90. The van der Waals surface area contributed by atoms with Gasteiger partial charge in [-0.3, -0.25) is 0 Å². The minimum Gasteiger partial charge on any atom is -0.351 e. The van der Waals surface area contributed by atoms with Crippen LogP contribution in [0.15, 0.2) is 18.6 Å². The summed E-state index contributed by atoms with van der Waals surface area (Å²) >= 11 is 0. The first kappa shape index (κ1) is 17.7. The summed E-state index contributed by atoms with van der Waals surface area (Å²) in [6.45, 7) is 1.55. The van der Waals surface area contributed by atoms with Crippen molar-refractivity contribution in [2.75, 3.05) is 0 Å². The minimum absolute atomic E-state index is 0.0767. The molecule has 0 aliphatic carbocycles. The highest BCUT2D eigenvalue weighted by Gasteiger charge is 2.77. The van der Waals surface area contributed by atoms with E-state index in [1.807, 2.05) is 0 Å². The Morgan fingerprint density at radius 1 is 1.00 bits per heavy atom. The van der Waals surface area contributed by atoms with Crippen LogP contribution in [0.3, 0.4) is 0 Å². The summed E-state index contributed by atoms with van der Waals surface area (Å²) < 4.78 is 83.5. The Morgan fingerprint density at radius 2 is 1.52 bits per heavy atom. The lowest BCUT2D eigenvalue weighted by atomic mass is 9.75. The fourth-order valence-corrected chi connectivity index (χ4v) is 1.98. The van der Waals surface area contributed by atoms with Gasteiger partial charge in [-0.1, -0.05) is 20.8 Å². The molecule has 0 aromatic carbocycles. The van der Waals surface area contributed by atoms with Gasteiger partial charge in [-0.25, -0.2) is 9.97 Å². The maximum atomic E-state index is 13.2. The highest BCUT2D eigenvalue weighted by Crippen LogP contribution is 2.55. The molecule has 0 spiro atoms. The van der Waals surface area contributed by atoms with Crippen LogP contribution >= 0.6 is 0 Å².